The molecule has 0 aliphatic heterocycles. The lowest BCUT2D eigenvalue weighted by atomic mass is 10.5. The van der Waals surface area contributed by atoms with Gasteiger partial charge in [-0.2, -0.15) is 11.8 Å². The number of rotatable bonds is 4. The maximum Gasteiger partial charge on any atom is 0.233 e. The summed E-state index contributed by atoms with van der Waals surface area (Å²) in [5, 5.41) is 0. The Morgan fingerprint density at radius 1 is 1.73 bits per heavy atom. The van der Waals surface area contributed by atoms with Crippen LogP contribution in [0.4, 0.5) is 0 Å². The largest absolute Gasteiger partial charge is 0.331 e. The molecule has 0 saturated heterocycles. The molecule has 0 aliphatic carbocycles. The number of amides is 1. The van der Waals surface area contributed by atoms with Gasteiger partial charge in [0.05, 0.1) is 12.3 Å². The monoisotopic (exact) mass is 171 g/mol. The Kier molecular flexibility index (Phi) is 5.77. The second-order valence-corrected chi connectivity index (χ2v) is 2.91. The Morgan fingerprint density at radius 3 is 2.73 bits per heavy atom. The molecule has 0 spiro atoms. The first kappa shape index (κ1) is 10.4. The van der Waals surface area contributed by atoms with Gasteiger partial charge in [0, 0.05) is 6.54 Å². The Bertz CT molecular complexity index is 162. The van der Waals surface area contributed by atoms with Crippen molar-refractivity contribution in [3.05, 3.63) is 0 Å². The van der Waals surface area contributed by atoms with Crippen LogP contribution in [0.15, 0.2) is 0 Å². The SMILES string of the molecule is C#CCN(CC)C(=O)CSC. The average molecular weight is 171 g/mol. The summed E-state index contributed by atoms with van der Waals surface area (Å²) >= 11 is 1.52. The number of thioether (sulfide) groups is 1. The Hall–Kier alpha value is -0.620. The summed E-state index contributed by atoms with van der Waals surface area (Å²) in [5.74, 6) is 3.10. The van der Waals surface area contributed by atoms with Crippen LogP contribution in [0.3, 0.4) is 0 Å². The average Bonchev–Trinajstić information content (AvgIpc) is 2.00. The van der Waals surface area contributed by atoms with E-state index in [-0.39, 0.29) is 5.91 Å². The topological polar surface area (TPSA) is 20.3 Å². The highest BCUT2D eigenvalue weighted by atomic mass is 32.2. The van der Waals surface area contributed by atoms with E-state index in [9.17, 15) is 4.79 Å². The van der Waals surface area contributed by atoms with Gasteiger partial charge in [-0.05, 0) is 13.2 Å². The lowest BCUT2D eigenvalue weighted by Gasteiger charge is -2.16. The summed E-state index contributed by atoms with van der Waals surface area (Å²) in [6.07, 6.45) is 6.99. The minimum Gasteiger partial charge on any atom is -0.331 e. The van der Waals surface area contributed by atoms with E-state index in [1.807, 2.05) is 13.2 Å². The predicted molar refractivity (Wildman–Crippen MR) is 49.5 cm³/mol. The maximum atomic E-state index is 11.2. The van der Waals surface area contributed by atoms with E-state index < -0.39 is 0 Å². The van der Waals surface area contributed by atoms with Crippen molar-refractivity contribution in [2.45, 2.75) is 6.92 Å². The number of carbonyl (C=O) groups is 1. The van der Waals surface area contributed by atoms with Crippen molar-refractivity contribution in [1.29, 1.82) is 0 Å². The summed E-state index contributed by atoms with van der Waals surface area (Å²) in [7, 11) is 0. The quantitative estimate of drug-likeness (QED) is 0.584. The molecule has 0 bridgehead atoms. The first-order chi connectivity index (χ1) is 5.26. The second kappa shape index (κ2) is 6.11. The minimum atomic E-state index is 0.123. The van der Waals surface area contributed by atoms with Gasteiger partial charge < -0.3 is 4.90 Å². The van der Waals surface area contributed by atoms with E-state index in [2.05, 4.69) is 5.92 Å². The number of terminal acetylenes is 1. The molecular weight excluding hydrogens is 158 g/mol. The lowest BCUT2D eigenvalue weighted by molar-refractivity contribution is -0.127. The van der Waals surface area contributed by atoms with Crippen LogP contribution in [-0.2, 0) is 4.79 Å². The van der Waals surface area contributed by atoms with Crippen molar-refractivity contribution in [1.82, 2.24) is 4.90 Å². The molecule has 0 atom stereocenters. The fourth-order valence-electron chi connectivity index (χ4n) is 0.701. The van der Waals surface area contributed by atoms with E-state index in [1.54, 1.807) is 4.90 Å². The zero-order valence-electron chi connectivity index (χ0n) is 6.96. The fraction of sp³-hybridized carbons (Fsp3) is 0.625. The molecule has 0 aromatic rings. The van der Waals surface area contributed by atoms with Gasteiger partial charge in [0.25, 0.3) is 0 Å². The van der Waals surface area contributed by atoms with Crippen LogP contribution >= 0.6 is 11.8 Å². The maximum absolute atomic E-state index is 11.2. The van der Waals surface area contributed by atoms with Crippen molar-refractivity contribution in [3.63, 3.8) is 0 Å². The third-order valence-electron chi connectivity index (χ3n) is 1.28. The fourth-order valence-corrected chi connectivity index (χ4v) is 1.13. The Balaban J connectivity index is 3.83. The predicted octanol–water partition coefficient (Wildman–Crippen LogP) is 0.831. The van der Waals surface area contributed by atoms with Gasteiger partial charge in [0.2, 0.25) is 5.91 Å². The summed E-state index contributed by atoms with van der Waals surface area (Å²) in [4.78, 5) is 12.8. The van der Waals surface area contributed by atoms with E-state index in [4.69, 9.17) is 6.42 Å². The van der Waals surface area contributed by atoms with Crippen molar-refractivity contribution in [2.24, 2.45) is 0 Å². The molecule has 0 aromatic heterocycles. The molecule has 0 radical (unpaired) electrons. The molecule has 3 heteroatoms. The molecule has 0 aromatic carbocycles. The van der Waals surface area contributed by atoms with Gasteiger partial charge in [-0.1, -0.05) is 5.92 Å². The normalized spacial score (nSPS) is 8.82. The van der Waals surface area contributed by atoms with Crippen LogP contribution in [0.25, 0.3) is 0 Å². The second-order valence-electron chi connectivity index (χ2n) is 2.05. The molecule has 62 valence electrons. The molecule has 0 N–H and O–H groups in total. The Labute approximate surface area is 72.3 Å². The molecule has 2 nitrogen and oxygen atoms in total. The van der Waals surface area contributed by atoms with Crippen molar-refractivity contribution in [2.75, 3.05) is 25.1 Å². The van der Waals surface area contributed by atoms with Gasteiger partial charge in [0.1, 0.15) is 0 Å². The molecule has 0 rings (SSSR count). The van der Waals surface area contributed by atoms with Crippen molar-refractivity contribution < 1.29 is 4.79 Å². The molecule has 0 heterocycles. The van der Waals surface area contributed by atoms with Gasteiger partial charge in [-0.15, -0.1) is 6.42 Å². The zero-order chi connectivity index (χ0) is 8.69. The summed E-state index contributed by atoms with van der Waals surface area (Å²) in [6, 6.07) is 0. The first-order valence-corrected chi connectivity index (χ1v) is 4.85. The number of nitrogens with zero attached hydrogens (tertiary/aromatic N) is 1. The Morgan fingerprint density at radius 2 is 2.36 bits per heavy atom. The third-order valence-corrected chi connectivity index (χ3v) is 1.82. The first-order valence-electron chi connectivity index (χ1n) is 3.46. The zero-order valence-corrected chi connectivity index (χ0v) is 7.78. The van der Waals surface area contributed by atoms with E-state index in [1.165, 1.54) is 11.8 Å². The highest BCUT2D eigenvalue weighted by Gasteiger charge is 2.07. The molecule has 0 fully saturated rings. The third kappa shape index (κ3) is 3.94. The molecule has 0 saturated carbocycles. The van der Waals surface area contributed by atoms with Crippen LogP contribution < -0.4 is 0 Å². The summed E-state index contributed by atoms with van der Waals surface area (Å²) in [6.45, 7) is 3.05. The van der Waals surface area contributed by atoms with E-state index >= 15 is 0 Å². The summed E-state index contributed by atoms with van der Waals surface area (Å²) in [5.41, 5.74) is 0. The van der Waals surface area contributed by atoms with Gasteiger partial charge >= 0.3 is 0 Å². The lowest BCUT2D eigenvalue weighted by Crippen LogP contribution is -2.32. The molecule has 0 aliphatic rings. The molecule has 0 unspecified atom stereocenters. The van der Waals surface area contributed by atoms with Crippen molar-refractivity contribution in [3.8, 4) is 12.3 Å². The van der Waals surface area contributed by atoms with Crippen LogP contribution in [0.1, 0.15) is 6.92 Å². The van der Waals surface area contributed by atoms with Crippen LogP contribution in [0.2, 0.25) is 0 Å². The van der Waals surface area contributed by atoms with Gasteiger partial charge in [0.15, 0.2) is 0 Å². The van der Waals surface area contributed by atoms with Crippen LogP contribution in [0.5, 0.6) is 0 Å². The number of hydrogen-bond acceptors (Lipinski definition) is 2. The van der Waals surface area contributed by atoms with Crippen LogP contribution in [-0.4, -0.2) is 35.9 Å². The summed E-state index contributed by atoms with van der Waals surface area (Å²) < 4.78 is 0. The molecular formula is C8H13NOS. The van der Waals surface area contributed by atoms with Gasteiger partial charge in [-0.3, -0.25) is 4.79 Å². The van der Waals surface area contributed by atoms with Gasteiger partial charge in [-0.25, -0.2) is 0 Å². The van der Waals surface area contributed by atoms with E-state index in [0.29, 0.717) is 18.8 Å². The molecule has 1 amide bonds. The van der Waals surface area contributed by atoms with E-state index in [0.717, 1.165) is 0 Å². The molecule has 11 heavy (non-hydrogen) atoms. The smallest absolute Gasteiger partial charge is 0.233 e. The van der Waals surface area contributed by atoms with Crippen LogP contribution in [0, 0.1) is 12.3 Å². The number of hydrogen-bond donors (Lipinski definition) is 0. The highest BCUT2D eigenvalue weighted by molar-refractivity contribution is 7.99. The van der Waals surface area contributed by atoms with Crippen molar-refractivity contribution >= 4 is 17.7 Å². The number of carbonyl (C=O) groups excluding carboxylic acids is 1. The highest BCUT2D eigenvalue weighted by Crippen LogP contribution is 1.96. The standard InChI is InChI=1S/C8H13NOS/c1-4-6-9(5-2)8(10)7-11-3/h1H,5-7H2,2-3H3. The minimum absolute atomic E-state index is 0.123.